The lowest BCUT2D eigenvalue weighted by atomic mass is 10.1. The lowest BCUT2D eigenvalue weighted by Gasteiger charge is -2.17. The third kappa shape index (κ3) is 1.35. The van der Waals surface area contributed by atoms with Crippen molar-refractivity contribution in [3.63, 3.8) is 0 Å². The maximum absolute atomic E-state index is 10.7. The number of aliphatic hydroxyl groups excluding tert-OH is 3. The minimum absolute atomic E-state index is 0.636. The van der Waals surface area contributed by atoms with Crippen LogP contribution in [0.2, 0.25) is 0 Å². The Morgan fingerprint density at radius 3 is 2.27 bits per heavy atom. The number of carbonyl (C=O) groups is 1. The third-order valence-corrected chi connectivity index (χ3v) is 1.79. The highest BCUT2D eigenvalue weighted by Gasteiger charge is 2.41. The van der Waals surface area contributed by atoms with Crippen LogP contribution in [0.5, 0.6) is 0 Å². The molecule has 1 saturated heterocycles. The van der Waals surface area contributed by atoms with Crippen molar-refractivity contribution in [2.45, 2.75) is 31.3 Å². The van der Waals surface area contributed by atoms with E-state index < -0.39 is 30.3 Å². The Balaban J connectivity index is 2.67. The molecule has 5 heteroatoms. The summed E-state index contributed by atoms with van der Waals surface area (Å²) in [6, 6.07) is -0.752. The number of amides is 1. The highest BCUT2D eigenvalue weighted by atomic mass is 16.3. The molecule has 0 aliphatic carbocycles. The topological polar surface area (TPSA) is 89.8 Å². The van der Waals surface area contributed by atoms with Gasteiger partial charge in [-0.3, -0.25) is 4.79 Å². The van der Waals surface area contributed by atoms with Gasteiger partial charge in [0.05, 0.1) is 12.1 Å². The van der Waals surface area contributed by atoms with Gasteiger partial charge in [-0.1, -0.05) is 0 Å². The van der Waals surface area contributed by atoms with Gasteiger partial charge in [0.1, 0.15) is 6.10 Å². The first-order chi connectivity index (χ1) is 5.04. The van der Waals surface area contributed by atoms with Crippen molar-refractivity contribution in [1.82, 2.24) is 5.32 Å². The molecule has 5 nitrogen and oxygen atoms in total. The van der Waals surface area contributed by atoms with E-state index in [0.717, 1.165) is 0 Å². The monoisotopic (exact) mass is 161 g/mol. The SMILES string of the molecule is CC(O)[C@H]1NC(=O)[C@H](O)[C@@H]1O. The molecule has 1 amide bonds. The Labute approximate surface area is 63.7 Å². The predicted octanol–water partition coefficient (Wildman–Crippen LogP) is -2.41. The molecule has 1 unspecified atom stereocenters. The van der Waals surface area contributed by atoms with Gasteiger partial charge >= 0.3 is 0 Å². The van der Waals surface area contributed by atoms with E-state index in [-0.39, 0.29) is 0 Å². The molecule has 0 aromatic rings. The van der Waals surface area contributed by atoms with Crippen molar-refractivity contribution in [2.24, 2.45) is 0 Å². The molecule has 1 fully saturated rings. The van der Waals surface area contributed by atoms with Crippen LogP contribution < -0.4 is 5.32 Å². The molecular weight excluding hydrogens is 150 g/mol. The van der Waals surface area contributed by atoms with Gasteiger partial charge in [0.2, 0.25) is 0 Å². The zero-order valence-electron chi connectivity index (χ0n) is 6.06. The summed E-state index contributed by atoms with van der Waals surface area (Å²) in [5, 5.41) is 29.3. The molecule has 0 spiro atoms. The number of rotatable bonds is 1. The fraction of sp³-hybridized carbons (Fsp3) is 0.833. The molecule has 1 heterocycles. The van der Waals surface area contributed by atoms with E-state index in [0.29, 0.717) is 0 Å². The average molecular weight is 161 g/mol. The van der Waals surface area contributed by atoms with Crippen LogP contribution >= 0.6 is 0 Å². The Morgan fingerprint density at radius 2 is 2.09 bits per heavy atom. The van der Waals surface area contributed by atoms with Crippen LogP contribution in [-0.4, -0.2) is 45.6 Å². The second-order valence-electron chi connectivity index (χ2n) is 2.71. The summed E-state index contributed by atoms with van der Waals surface area (Å²) in [7, 11) is 0. The minimum Gasteiger partial charge on any atom is -0.391 e. The number of hydrogen-bond acceptors (Lipinski definition) is 4. The third-order valence-electron chi connectivity index (χ3n) is 1.79. The smallest absolute Gasteiger partial charge is 0.252 e. The van der Waals surface area contributed by atoms with Crippen molar-refractivity contribution in [1.29, 1.82) is 0 Å². The van der Waals surface area contributed by atoms with Gasteiger partial charge in [0, 0.05) is 0 Å². The molecule has 4 N–H and O–H groups in total. The van der Waals surface area contributed by atoms with Gasteiger partial charge in [-0.2, -0.15) is 0 Å². The van der Waals surface area contributed by atoms with Gasteiger partial charge in [0.15, 0.2) is 6.10 Å². The highest BCUT2D eigenvalue weighted by molar-refractivity contribution is 5.84. The first kappa shape index (κ1) is 8.45. The number of nitrogens with one attached hydrogen (secondary N) is 1. The fourth-order valence-electron chi connectivity index (χ4n) is 1.09. The molecule has 4 atom stereocenters. The van der Waals surface area contributed by atoms with E-state index in [1.165, 1.54) is 6.92 Å². The molecular formula is C6H11NO4. The number of aliphatic hydroxyl groups is 3. The molecule has 1 rings (SSSR count). The van der Waals surface area contributed by atoms with E-state index in [9.17, 15) is 4.79 Å². The van der Waals surface area contributed by atoms with Crippen LogP contribution in [-0.2, 0) is 4.79 Å². The lowest BCUT2D eigenvalue weighted by Crippen LogP contribution is -2.41. The molecule has 0 aromatic heterocycles. The largest absolute Gasteiger partial charge is 0.391 e. The van der Waals surface area contributed by atoms with Crippen LogP contribution in [0.3, 0.4) is 0 Å². The Kier molecular flexibility index (Phi) is 2.12. The summed E-state index contributed by atoms with van der Waals surface area (Å²) in [6.07, 6.45) is -3.47. The fourth-order valence-corrected chi connectivity index (χ4v) is 1.09. The van der Waals surface area contributed by atoms with E-state index >= 15 is 0 Å². The molecule has 0 radical (unpaired) electrons. The van der Waals surface area contributed by atoms with Crippen molar-refractivity contribution in [3.8, 4) is 0 Å². The number of carbonyl (C=O) groups excluding carboxylic acids is 1. The van der Waals surface area contributed by atoms with Crippen LogP contribution in [0.15, 0.2) is 0 Å². The summed E-state index contributed by atoms with van der Waals surface area (Å²) < 4.78 is 0. The van der Waals surface area contributed by atoms with Crippen molar-refractivity contribution in [2.75, 3.05) is 0 Å². The minimum atomic E-state index is -1.41. The van der Waals surface area contributed by atoms with E-state index in [1.54, 1.807) is 0 Å². The molecule has 0 bridgehead atoms. The molecule has 11 heavy (non-hydrogen) atoms. The lowest BCUT2D eigenvalue weighted by molar-refractivity contribution is -0.128. The quantitative estimate of drug-likeness (QED) is 0.345. The normalized spacial score (nSPS) is 40.4. The number of hydrogen-bond donors (Lipinski definition) is 4. The zero-order chi connectivity index (χ0) is 8.59. The second-order valence-corrected chi connectivity index (χ2v) is 2.71. The average Bonchev–Trinajstić information content (AvgIpc) is 2.17. The Bertz CT molecular complexity index is 170. The Hall–Kier alpha value is -0.650. The maximum Gasteiger partial charge on any atom is 0.252 e. The summed E-state index contributed by atoms with van der Waals surface area (Å²) in [4.78, 5) is 10.7. The van der Waals surface area contributed by atoms with Crippen LogP contribution in [0.25, 0.3) is 0 Å². The van der Waals surface area contributed by atoms with E-state index in [4.69, 9.17) is 15.3 Å². The Morgan fingerprint density at radius 1 is 1.55 bits per heavy atom. The summed E-state index contributed by atoms with van der Waals surface area (Å²) in [5.74, 6) is -0.636. The van der Waals surface area contributed by atoms with Crippen molar-refractivity contribution >= 4 is 5.91 Å². The van der Waals surface area contributed by atoms with Gasteiger partial charge in [-0.25, -0.2) is 0 Å². The summed E-state index contributed by atoms with van der Waals surface area (Å²) in [5.41, 5.74) is 0. The van der Waals surface area contributed by atoms with Crippen molar-refractivity contribution in [3.05, 3.63) is 0 Å². The first-order valence-corrected chi connectivity index (χ1v) is 3.38. The maximum atomic E-state index is 10.7. The predicted molar refractivity (Wildman–Crippen MR) is 35.6 cm³/mol. The van der Waals surface area contributed by atoms with Crippen LogP contribution in [0, 0.1) is 0 Å². The van der Waals surface area contributed by atoms with Crippen molar-refractivity contribution < 1.29 is 20.1 Å². The van der Waals surface area contributed by atoms with E-state index in [1.807, 2.05) is 0 Å². The summed E-state index contributed by atoms with van der Waals surface area (Å²) >= 11 is 0. The van der Waals surface area contributed by atoms with Gasteiger partial charge < -0.3 is 20.6 Å². The molecule has 1 aliphatic heterocycles. The first-order valence-electron chi connectivity index (χ1n) is 3.38. The standard InChI is InChI=1S/C6H11NO4/c1-2(8)3-4(9)5(10)6(11)7-3/h2-5,8-10H,1H3,(H,7,11)/t2?,3-,4-,5-/m1/s1. The van der Waals surface area contributed by atoms with Gasteiger partial charge in [0.25, 0.3) is 5.91 Å². The van der Waals surface area contributed by atoms with E-state index in [2.05, 4.69) is 5.32 Å². The zero-order valence-corrected chi connectivity index (χ0v) is 6.06. The molecule has 64 valence electrons. The molecule has 1 aliphatic rings. The molecule has 0 saturated carbocycles. The second kappa shape index (κ2) is 2.77. The van der Waals surface area contributed by atoms with Crippen LogP contribution in [0.1, 0.15) is 6.92 Å². The summed E-state index contributed by atoms with van der Waals surface area (Å²) in [6.45, 7) is 1.44. The van der Waals surface area contributed by atoms with Gasteiger partial charge in [-0.05, 0) is 6.92 Å². The van der Waals surface area contributed by atoms with Gasteiger partial charge in [-0.15, -0.1) is 0 Å². The highest BCUT2D eigenvalue weighted by Crippen LogP contribution is 2.11. The molecule has 0 aromatic carbocycles. The van der Waals surface area contributed by atoms with Crippen LogP contribution in [0.4, 0.5) is 0 Å².